The number of hydrogen-bond acceptors (Lipinski definition) is 2. The maximum atomic E-state index is 12.7. The van der Waals surface area contributed by atoms with Crippen molar-refractivity contribution in [1.82, 2.24) is 9.97 Å². The van der Waals surface area contributed by atoms with Crippen LogP contribution in [-0.2, 0) is 6.18 Å². The third-order valence-electron chi connectivity index (χ3n) is 4.03. The number of pyridine rings is 1. The standard InChI is InChI=1S/C20H13F3N2O/c21-20(22,23)16-4-1-13(2-5-16)15-8-10-25-19(11-15)26-17-6-3-14-7-9-24-18(14)12-17/h1-12,24H. The zero-order valence-electron chi connectivity index (χ0n) is 13.4. The molecular weight excluding hydrogens is 341 g/mol. The van der Waals surface area contributed by atoms with Crippen LogP contribution in [0.5, 0.6) is 11.6 Å². The van der Waals surface area contributed by atoms with E-state index in [1.165, 1.54) is 12.1 Å². The predicted molar refractivity (Wildman–Crippen MR) is 93.0 cm³/mol. The van der Waals surface area contributed by atoms with Gasteiger partial charge in [-0.2, -0.15) is 13.2 Å². The highest BCUT2D eigenvalue weighted by Gasteiger charge is 2.29. The first kappa shape index (κ1) is 16.2. The molecule has 130 valence electrons. The number of H-pyrrole nitrogens is 1. The number of nitrogens with zero attached hydrogens (tertiary/aromatic N) is 1. The van der Waals surface area contributed by atoms with E-state index in [1.807, 2.05) is 30.5 Å². The Morgan fingerprint density at radius 2 is 1.65 bits per heavy atom. The Hall–Kier alpha value is -3.28. The van der Waals surface area contributed by atoms with Crippen LogP contribution in [0.3, 0.4) is 0 Å². The van der Waals surface area contributed by atoms with Gasteiger partial charge in [-0.05, 0) is 52.9 Å². The minimum absolute atomic E-state index is 0.369. The normalized spacial score (nSPS) is 11.7. The van der Waals surface area contributed by atoms with Gasteiger partial charge in [-0.3, -0.25) is 0 Å². The molecule has 0 fully saturated rings. The minimum atomic E-state index is -4.35. The summed E-state index contributed by atoms with van der Waals surface area (Å²) in [6.45, 7) is 0. The molecule has 0 saturated heterocycles. The minimum Gasteiger partial charge on any atom is -0.439 e. The molecule has 0 radical (unpaired) electrons. The number of aromatic amines is 1. The molecule has 4 rings (SSSR count). The first-order valence-corrected chi connectivity index (χ1v) is 7.88. The van der Waals surface area contributed by atoms with E-state index >= 15 is 0 Å². The molecule has 0 unspecified atom stereocenters. The molecule has 0 aliphatic heterocycles. The van der Waals surface area contributed by atoms with Crippen LogP contribution < -0.4 is 4.74 Å². The predicted octanol–water partition coefficient (Wildman–Crippen LogP) is 6.04. The summed E-state index contributed by atoms with van der Waals surface area (Å²) in [6.07, 6.45) is -0.936. The number of benzene rings is 2. The molecular formula is C20H13F3N2O. The summed E-state index contributed by atoms with van der Waals surface area (Å²) in [4.78, 5) is 7.28. The zero-order valence-corrected chi connectivity index (χ0v) is 13.4. The van der Waals surface area contributed by atoms with Gasteiger partial charge in [-0.15, -0.1) is 0 Å². The molecule has 4 aromatic rings. The molecule has 0 bridgehead atoms. The van der Waals surface area contributed by atoms with Gasteiger partial charge in [0, 0.05) is 30.0 Å². The summed E-state index contributed by atoms with van der Waals surface area (Å²) < 4.78 is 43.8. The Morgan fingerprint density at radius 1 is 0.846 bits per heavy atom. The highest BCUT2D eigenvalue weighted by Crippen LogP contribution is 2.32. The van der Waals surface area contributed by atoms with Crippen molar-refractivity contribution in [2.75, 3.05) is 0 Å². The summed E-state index contributed by atoms with van der Waals surface area (Å²) in [5.74, 6) is 0.991. The maximum Gasteiger partial charge on any atom is 0.416 e. The van der Waals surface area contributed by atoms with Crippen molar-refractivity contribution < 1.29 is 17.9 Å². The first-order valence-electron chi connectivity index (χ1n) is 7.88. The van der Waals surface area contributed by atoms with E-state index in [2.05, 4.69) is 9.97 Å². The summed E-state index contributed by atoms with van der Waals surface area (Å²) >= 11 is 0. The van der Waals surface area contributed by atoms with Crippen LogP contribution in [-0.4, -0.2) is 9.97 Å². The molecule has 0 atom stereocenters. The summed E-state index contributed by atoms with van der Waals surface area (Å²) in [5.41, 5.74) is 1.65. The van der Waals surface area contributed by atoms with Crippen molar-refractivity contribution in [2.45, 2.75) is 6.18 Å². The lowest BCUT2D eigenvalue weighted by atomic mass is 10.0. The third-order valence-corrected chi connectivity index (χ3v) is 4.03. The van der Waals surface area contributed by atoms with Crippen molar-refractivity contribution in [3.05, 3.63) is 78.6 Å². The van der Waals surface area contributed by atoms with E-state index in [-0.39, 0.29) is 0 Å². The Kier molecular flexibility index (Phi) is 3.88. The van der Waals surface area contributed by atoms with Gasteiger partial charge in [-0.25, -0.2) is 4.98 Å². The van der Waals surface area contributed by atoms with Gasteiger partial charge >= 0.3 is 6.18 Å². The second-order valence-electron chi connectivity index (χ2n) is 5.79. The number of alkyl halides is 3. The maximum absolute atomic E-state index is 12.7. The monoisotopic (exact) mass is 354 g/mol. The molecule has 2 heterocycles. The molecule has 0 aliphatic rings. The molecule has 0 saturated carbocycles. The highest BCUT2D eigenvalue weighted by atomic mass is 19.4. The van der Waals surface area contributed by atoms with Crippen molar-refractivity contribution in [3.8, 4) is 22.8 Å². The van der Waals surface area contributed by atoms with Gasteiger partial charge in [0.15, 0.2) is 0 Å². The van der Waals surface area contributed by atoms with Gasteiger partial charge in [0.25, 0.3) is 0 Å². The largest absolute Gasteiger partial charge is 0.439 e. The van der Waals surface area contributed by atoms with Crippen molar-refractivity contribution >= 4 is 10.9 Å². The number of fused-ring (bicyclic) bond motifs is 1. The number of rotatable bonds is 3. The topological polar surface area (TPSA) is 37.9 Å². The summed E-state index contributed by atoms with van der Waals surface area (Å²) in [7, 11) is 0. The fraction of sp³-hybridized carbons (Fsp3) is 0.0500. The second-order valence-corrected chi connectivity index (χ2v) is 5.79. The Balaban J connectivity index is 1.60. The molecule has 0 spiro atoms. The van der Waals surface area contributed by atoms with E-state index in [0.29, 0.717) is 17.2 Å². The van der Waals surface area contributed by atoms with E-state index in [9.17, 15) is 13.2 Å². The van der Waals surface area contributed by atoms with E-state index < -0.39 is 11.7 Å². The molecule has 3 nitrogen and oxygen atoms in total. The van der Waals surface area contributed by atoms with Crippen molar-refractivity contribution in [1.29, 1.82) is 0 Å². The van der Waals surface area contributed by atoms with Crippen LogP contribution in [0.2, 0.25) is 0 Å². The average molecular weight is 354 g/mol. The number of halogens is 3. The number of aromatic nitrogens is 2. The lowest BCUT2D eigenvalue weighted by Crippen LogP contribution is -2.03. The van der Waals surface area contributed by atoms with Crippen molar-refractivity contribution in [2.24, 2.45) is 0 Å². The molecule has 26 heavy (non-hydrogen) atoms. The Labute approximate surface area is 147 Å². The Morgan fingerprint density at radius 3 is 2.42 bits per heavy atom. The Bertz CT molecular complexity index is 1050. The highest BCUT2D eigenvalue weighted by molar-refractivity contribution is 5.80. The lowest BCUT2D eigenvalue weighted by Gasteiger charge is -2.09. The molecule has 6 heteroatoms. The molecule has 1 N–H and O–H groups in total. The van der Waals surface area contributed by atoms with Gasteiger partial charge < -0.3 is 9.72 Å². The lowest BCUT2D eigenvalue weighted by molar-refractivity contribution is -0.137. The molecule has 0 aliphatic carbocycles. The quantitative estimate of drug-likeness (QED) is 0.487. The summed E-state index contributed by atoms with van der Waals surface area (Å²) in [6, 6.07) is 16.0. The molecule has 0 amide bonds. The van der Waals surface area contributed by atoms with Gasteiger partial charge in [0.1, 0.15) is 5.75 Å². The smallest absolute Gasteiger partial charge is 0.416 e. The second kappa shape index (κ2) is 6.22. The number of hydrogen-bond donors (Lipinski definition) is 1. The number of nitrogens with one attached hydrogen (secondary N) is 1. The fourth-order valence-corrected chi connectivity index (χ4v) is 2.71. The van der Waals surface area contributed by atoms with E-state index in [0.717, 1.165) is 28.6 Å². The zero-order chi connectivity index (χ0) is 18.1. The molecule has 2 aromatic heterocycles. The van der Waals surface area contributed by atoms with Crippen LogP contribution in [0.15, 0.2) is 73.1 Å². The van der Waals surface area contributed by atoms with Crippen LogP contribution in [0.25, 0.3) is 22.0 Å². The van der Waals surface area contributed by atoms with Crippen LogP contribution >= 0.6 is 0 Å². The van der Waals surface area contributed by atoms with E-state index in [4.69, 9.17) is 4.74 Å². The molecule has 2 aromatic carbocycles. The fourth-order valence-electron chi connectivity index (χ4n) is 2.71. The van der Waals surface area contributed by atoms with Crippen LogP contribution in [0, 0.1) is 0 Å². The first-order chi connectivity index (χ1) is 12.5. The summed E-state index contributed by atoms with van der Waals surface area (Å²) in [5, 5.41) is 1.07. The van der Waals surface area contributed by atoms with Crippen LogP contribution in [0.1, 0.15) is 5.56 Å². The SMILES string of the molecule is FC(F)(F)c1ccc(-c2ccnc(Oc3ccc4cc[nH]c4c3)c2)cc1. The van der Waals surface area contributed by atoms with Gasteiger partial charge in [0.2, 0.25) is 5.88 Å². The average Bonchev–Trinajstić information content (AvgIpc) is 3.09. The van der Waals surface area contributed by atoms with Crippen LogP contribution in [0.4, 0.5) is 13.2 Å². The van der Waals surface area contributed by atoms with Crippen molar-refractivity contribution in [3.63, 3.8) is 0 Å². The van der Waals surface area contributed by atoms with E-state index in [1.54, 1.807) is 18.3 Å². The third kappa shape index (κ3) is 3.26. The number of ether oxygens (including phenoxy) is 1. The van der Waals surface area contributed by atoms with Gasteiger partial charge in [0.05, 0.1) is 5.56 Å². The van der Waals surface area contributed by atoms with Gasteiger partial charge in [-0.1, -0.05) is 12.1 Å².